The van der Waals surface area contributed by atoms with Crippen LogP contribution in [0.15, 0.2) is 79.4 Å². The predicted molar refractivity (Wildman–Crippen MR) is 132 cm³/mol. The zero-order chi connectivity index (χ0) is 22.6. The summed E-state index contributed by atoms with van der Waals surface area (Å²) in [6, 6.07) is 18.9. The van der Waals surface area contributed by atoms with Crippen molar-refractivity contribution >= 4 is 34.1 Å². The summed E-state index contributed by atoms with van der Waals surface area (Å²) in [7, 11) is 0. The van der Waals surface area contributed by atoms with Gasteiger partial charge in [0.15, 0.2) is 5.65 Å². The van der Waals surface area contributed by atoms with Gasteiger partial charge < -0.3 is 10.2 Å². The van der Waals surface area contributed by atoms with E-state index in [1.165, 1.54) is 5.69 Å². The molecule has 33 heavy (non-hydrogen) atoms. The fraction of sp³-hybridized carbons (Fsp3) is 0.160. The standard InChI is InChI=1S/C25H22N6.ClHO/c1-2-4-24-22(3-1)21(9-10-27-24)23-16-29-31-17-19(15-28-25(23)31)18-5-7-20(8-6-18)30-13-11-26-12-14-30;1-2/h1-10,15-17,26H,11-14H2;2H. The van der Waals surface area contributed by atoms with Crippen LogP contribution in [0.3, 0.4) is 0 Å². The highest BCUT2D eigenvalue weighted by Gasteiger charge is 2.13. The minimum Gasteiger partial charge on any atom is -0.369 e. The lowest BCUT2D eigenvalue weighted by Crippen LogP contribution is -2.43. The van der Waals surface area contributed by atoms with E-state index in [1.54, 1.807) is 0 Å². The highest BCUT2D eigenvalue weighted by molar-refractivity contribution is 6.04. The number of halogens is 1. The third-order valence-corrected chi connectivity index (χ3v) is 5.98. The summed E-state index contributed by atoms with van der Waals surface area (Å²) in [4.78, 5) is 11.7. The lowest BCUT2D eigenvalue weighted by atomic mass is 10.0. The number of piperazine rings is 1. The van der Waals surface area contributed by atoms with Crippen LogP contribution in [0.4, 0.5) is 5.69 Å². The second-order valence-electron chi connectivity index (χ2n) is 7.83. The topological polar surface area (TPSA) is 78.6 Å². The first kappa shape index (κ1) is 21.3. The van der Waals surface area contributed by atoms with Gasteiger partial charge in [0, 0.05) is 67.0 Å². The highest BCUT2D eigenvalue weighted by Crippen LogP contribution is 2.31. The Hall–Kier alpha value is -3.52. The van der Waals surface area contributed by atoms with E-state index in [4.69, 9.17) is 9.64 Å². The van der Waals surface area contributed by atoms with Gasteiger partial charge >= 0.3 is 0 Å². The second-order valence-corrected chi connectivity index (χ2v) is 7.83. The molecular formula is C25H23ClN6O. The number of hydrogen-bond acceptors (Lipinski definition) is 6. The molecular weight excluding hydrogens is 436 g/mol. The van der Waals surface area contributed by atoms with E-state index < -0.39 is 0 Å². The molecule has 2 N–H and O–H groups in total. The van der Waals surface area contributed by atoms with E-state index in [0.29, 0.717) is 0 Å². The first-order valence-electron chi connectivity index (χ1n) is 10.8. The van der Waals surface area contributed by atoms with Crippen molar-refractivity contribution in [3.05, 3.63) is 79.4 Å². The van der Waals surface area contributed by atoms with Crippen LogP contribution < -0.4 is 10.2 Å². The van der Waals surface area contributed by atoms with Crippen molar-refractivity contribution in [2.75, 3.05) is 31.1 Å². The van der Waals surface area contributed by atoms with Crippen LogP contribution in [-0.2, 0) is 0 Å². The Morgan fingerprint density at radius 3 is 2.42 bits per heavy atom. The third-order valence-electron chi connectivity index (χ3n) is 5.98. The van der Waals surface area contributed by atoms with Crippen molar-refractivity contribution in [1.82, 2.24) is 24.9 Å². The Kier molecular flexibility index (Phi) is 6.17. The average molecular weight is 459 g/mol. The molecule has 1 aliphatic rings. The van der Waals surface area contributed by atoms with Crippen molar-refractivity contribution in [2.45, 2.75) is 0 Å². The summed E-state index contributed by atoms with van der Waals surface area (Å²) in [6.07, 6.45) is 7.72. The molecule has 4 heterocycles. The number of nitrogens with one attached hydrogen (secondary N) is 1. The molecule has 0 spiro atoms. The third kappa shape index (κ3) is 4.14. The molecule has 0 unspecified atom stereocenters. The summed E-state index contributed by atoms with van der Waals surface area (Å²) >= 11 is 3.64. The zero-order valence-corrected chi connectivity index (χ0v) is 18.7. The van der Waals surface area contributed by atoms with E-state index in [0.717, 1.165) is 65.0 Å². The molecule has 0 amide bonds. The van der Waals surface area contributed by atoms with Crippen molar-refractivity contribution < 1.29 is 4.66 Å². The van der Waals surface area contributed by atoms with E-state index in [2.05, 4.69) is 68.7 Å². The first-order valence-corrected chi connectivity index (χ1v) is 11.1. The van der Waals surface area contributed by atoms with Crippen LogP contribution in [-0.4, -0.2) is 50.4 Å². The molecule has 5 aromatic rings. The van der Waals surface area contributed by atoms with Gasteiger partial charge in [0.1, 0.15) is 0 Å². The Bertz CT molecular complexity index is 1370. The molecule has 1 fully saturated rings. The van der Waals surface area contributed by atoms with Crippen LogP contribution in [0.5, 0.6) is 0 Å². The lowest BCUT2D eigenvalue weighted by Gasteiger charge is -2.29. The fourth-order valence-electron chi connectivity index (χ4n) is 4.33. The van der Waals surface area contributed by atoms with E-state index in [9.17, 15) is 0 Å². The van der Waals surface area contributed by atoms with Gasteiger partial charge in [-0.05, 0) is 35.4 Å². The van der Waals surface area contributed by atoms with Gasteiger partial charge in [-0.25, -0.2) is 9.50 Å². The van der Waals surface area contributed by atoms with Crippen LogP contribution in [0.1, 0.15) is 0 Å². The van der Waals surface area contributed by atoms with Gasteiger partial charge in [0.05, 0.1) is 23.6 Å². The van der Waals surface area contributed by atoms with Crippen LogP contribution >= 0.6 is 11.9 Å². The summed E-state index contributed by atoms with van der Waals surface area (Å²) in [5.41, 5.74) is 7.39. The summed E-state index contributed by atoms with van der Waals surface area (Å²) < 4.78 is 8.34. The Morgan fingerprint density at radius 2 is 1.61 bits per heavy atom. The number of hydrogen-bond donors (Lipinski definition) is 2. The molecule has 0 saturated carbocycles. The van der Waals surface area contributed by atoms with Crippen molar-refractivity contribution in [2.24, 2.45) is 0 Å². The number of para-hydroxylation sites is 1. The maximum atomic E-state index is 6.47. The molecule has 8 heteroatoms. The van der Waals surface area contributed by atoms with Crippen LogP contribution in [0, 0.1) is 0 Å². The van der Waals surface area contributed by atoms with Gasteiger partial charge in [-0.2, -0.15) is 5.10 Å². The van der Waals surface area contributed by atoms with Gasteiger partial charge in [-0.15, -0.1) is 0 Å². The number of nitrogens with zero attached hydrogens (tertiary/aromatic N) is 5. The van der Waals surface area contributed by atoms with Gasteiger partial charge in [0.2, 0.25) is 0 Å². The highest BCUT2D eigenvalue weighted by atomic mass is 35.5. The van der Waals surface area contributed by atoms with E-state index >= 15 is 0 Å². The summed E-state index contributed by atoms with van der Waals surface area (Å²) in [5, 5.41) is 9.10. The first-order chi connectivity index (χ1) is 16.4. The Balaban J connectivity index is 0.00000111. The maximum absolute atomic E-state index is 6.47. The molecule has 1 saturated heterocycles. The largest absolute Gasteiger partial charge is 0.369 e. The molecule has 1 aliphatic heterocycles. The number of aromatic nitrogens is 4. The van der Waals surface area contributed by atoms with Crippen molar-refractivity contribution in [3.63, 3.8) is 0 Å². The lowest BCUT2D eigenvalue weighted by molar-refractivity contribution is 0.589. The van der Waals surface area contributed by atoms with Crippen LogP contribution in [0.2, 0.25) is 0 Å². The fourth-order valence-corrected chi connectivity index (χ4v) is 4.33. The molecule has 0 radical (unpaired) electrons. The van der Waals surface area contributed by atoms with Gasteiger partial charge in [0.25, 0.3) is 0 Å². The minimum atomic E-state index is 0.845. The quantitative estimate of drug-likeness (QED) is 0.423. The molecule has 3 aromatic heterocycles. The number of anilines is 1. The second kappa shape index (κ2) is 9.54. The molecule has 0 bridgehead atoms. The van der Waals surface area contributed by atoms with E-state index in [-0.39, 0.29) is 0 Å². The number of rotatable bonds is 3. The number of benzene rings is 2. The maximum Gasteiger partial charge on any atom is 0.162 e. The molecule has 0 aliphatic carbocycles. The minimum absolute atomic E-state index is 0.845. The normalized spacial score (nSPS) is 13.7. The number of pyridine rings is 1. The SMILES string of the molecule is OCl.c1ccc2c(-c3cnn4cc(-c5ccc(N6CCNCC6)cc5)cnc34)ccnc2c1. The van der Waals surface area contributed by atoms with Gasteiger partial charge in [-0.1, -0.05) is 30.3 Å². The molecule has 166 valence electrons. The van der Waals surface area contributed by atoms with Crippen molar-refractivity contribution in [1.29, 1.82) is 0 Å². The van der Waals surface area contributed by atoms with Crippen LogP contribution in [0.25, 0.3) is 38.8 Å². The number of fused-ring (bicyclic) bond motifs is 2. The molecule has 0 atom stereocenters. The average Bonchev–Trinajstić information content (AvgIpc) is 3.33. The Morgan fingerprint density at radius 1 is 0.818 bits per heavy atom. The summed E-state index contributed by atoms with van der Waals surface area (Å²) in [6.45, 7) is 4.17. The van der Waals surface area contributed by atoms with E-state index in [1.807, 2.05) is 47.4 Å². The van der Waals surface area contributed by atoms with Gasteiger partial charge in [-0.3, -0.25) is 9.64 Å². The molecule has 6 rings (SSSR count). The zero-order valence-electron chi connectivity index (χ0n) is 17.9. The smallest absolute Gasteiger partial charge is 0.162 e. The molecule has 2 aromatic carbocycles. The summed E-state index contributed by atoms with van der Waals surface area (Å²) in [5.74, 6) is 0. The predicted octanol–water partition coefficient (Wildman–Crippen LogP) is 4.15. The Labute approximate surface area is 196 Å². The molecule has 7 nitrogen and oxygen atoms in total. The van der Waals surface area contributed by atoms with Crippen molar-refractivity contribution in [3.8, 4) is 22.3 Å². The monoisotopic (exact) mass is 458 g/mol.